The molecule has 1 aromatic carbocycles. The summed E-state index contributed by atoms with van der Waals surface area (Å²) in [4.78, 5) is 25.6. The molecule has 0 aliphatic heterocycles. The van der Waals surface area contributed by atoms with Crippen LogP contribution < -0.4 is 0 Å². The molecule has 1 aromatic rings. The van der Waals surface area contributed by atoms with E-state index in [0.717, 1.165) is 33.4 Å². The normalized spacial score (nSPS) is 16.6. The van der Waals surface area contributed by atoms with Gasteiger partial charge in [0.05, 0.1) is 25.4 Å². The van der Waals surface area contributed by atoms with Crippen LogP contribution >= 0.6 is 0 Å². The number of ether oxygens (including phenoxy) is 2. The molecule has 0 unspecified atom stereocenters. The van der Waals surface area contributed by atoms with Crippen LogP contribution in [-0.4, -0.2) is 26.2 Å². The standard InChI is InChI=1S/C25H24O4/c1-15-11-16(2)20-13-19(18-9-7-6-8-10-18)14-21(24(26)28-4)23(25(27)29-5)22(20)17(3)12-15/h6-14H,1-5H3. The molecule has 0 radical (unpaired) electrons. The van der Waals surface area contributed by atoms with Crippen LogP contribution in [0.15, 0.2) is 93.6 Å². The number of fused-ring (bicyclic) bond motifs is 1. The predicted molar refractivity (Wildman–Crippen MR) is 114 cm³/mol. The third-order valence-electron chi connectivity index (χ3n) is 5.00. The number of methoxy groups -OCH3 is 2. The summed E-state index contributed by atoms with van der Waals surface area (Å²) in [5.41, 5.74) is 6.66. The highest BCUT2D eigenvalue weighted by molar-refractivity contribution is 6.11. The minimum absolute atomic E-state index is 0.180. The minimum atomic E-state index is -0.583. The fraction of sp³-hybridized carbons (Fsp3) is 0.200. The monoisotopic (exact) mass is 388 g/mol. The Morgan fingerprint density at radius 2 is 1.45 bits per heavy atom. The summed E-state index contributed by atoms with van der Waals surface area (Å²) in [5, 5.41) is 0. The van der Waals surface area contributed by atoms with Crippen molar-refractivity contribution in [3.8, 4) is 0 Å². The van der Waals surface area contributed by atoms with Crippen molar-refractivity contribution in [1.82, 2.24) is 0 Å². The quantitative estimate of drug-likeness (QED) is 0.693. The molecular weight excluding hydrogens is 364 g/mol. The second-order valence-electron chi connectivity index (χ2n) is 7.07. The fourth-order valence-electron chi connectivity index (χ4n) is 3.74. The maximum atomic E-state index is 12.9. The molecule has 0 heterocycles. The Kier molecular flexibility index (Phi) is 5.83. The van der Waals surface area contributed by atoms with Gasteiger partial charge >= 0.3 is 11.9 Å². The number of rotatable bonds is 3. The van der Waals surface area contributed by atoms with Gasteiger partial charge in [-0.15, -0.1) is 0 Å². The molecule has 4 nitrogen and oxygen atoms in total. The van der Waals surface area contributed by atoms with Gasteiger partial charge < -0.3 is 9.47 Å². The van der Waals surface area contributed by atoms with Crippen LogP contribution in [0.4, 0.5) is 0 Å². The molecule has 0 spiro atoms. The first-order valence-corrected chi connectivity index (χ1v) is 9.35. The van der Waals surface area contributed by atoms with Gasteiger partial charge in [0.25, 0.3) is 0 Å². The molecule has 0 saturated heterocycles. The molecule has 0 bridgehead atoms. The molecule has 0 amide bonds. The van der Waals surface area contributed by atoms with Crippen molar-refractivity contribution in [2.45, 2.75) is 20.8 Å². The summed E-state index contributed by atoms with van der Waals surface area (Å²) in [7, 11) is 2.62. The molecule has 148 valence electrons. The molecule has 2 aliphatic carbocycles. The number of esters is 2. The number of carbonyl (C=O) groups is 2. The number of carbonyl (C=O) groups excluding carboxylic acids is 2. The number of hydrogen-bond acceptors (Lipinski definition) is 4. The lowest BCUT2D eigenvalue weighted by Gasteiger charge is -2.16. The molecule has 4 heteroatoms. The van der Waals surface area contributed by atoms with Crippen molar-refractivity contribution >= 4 is 17.5 Å². The molecule has 2 aliphatic rings. The van der Waals surface area contributed by atoms with Crippen LogP contribution in [0, 0.1) is 0 Å². The molecule has 0 atom stereocenters. The number of allylic oxidation sites excluding steroid dienone is 10. The molecular formula is C25H24O4. The highest BCUT2D eigenvalue weighted by atomic mass is 16.5. The number of benzene rings is 1. The van der Waals surface area contributed by atoms with E-state index in [1.807, 2.05) is 63.3 Å². The zero-order valence-corrected chi connectivity index (χ0v) is 17.3. The lowest BCUT2D eigenvalue weighted by Crippen LogP contribution is -2.17. The fourth-order valence-corrected chi connectivity index (χ4v) is 3.74. The van der Waals surface area contributed by atoms with Gasteiger partial charge in [-0.2, -0.15) is 0 Å². The first-order valence-electron chi connectivity index (χ1n) is 9.35. The van der Waals surface area contributed by atoms with Gasteiger partial charge in [-0.25, -0.2) is 9.59 Å². The lowest BCUT2D eigenvalue weighted by molar-refractivity contribution is -0.139. The summed E-state index contributed by atoms with van der Waals surface area (Å²) in [6, 6.07) is 9.74. The summed E-state index contributed by atoms with van der Waals surface area (Å²) < 4.78 is 10.1. The van der Waals surface area contributed by atoms with Gasteiger partial charge in [0.2, 0.25) is 0 Å². The molecule has 0 fully saturated rings. The van der Waals surface area contributed by atoms with E-state index in [1.54, 1.807) is 6.08 Å². The lowest BCUT2D eigenvalue weighted by atomic mass is 9.89. The van der Waals surface area contributed by atoms with Crippen molar-refractivity contribution in [2.75, 3.05) is 14.2 Å². The number of hydrogen-bond donors (Lipinski definition) is 0. The van der Waals surface area contributed by atoms with Crippen molar-refractivity contribution in [2.24, 2.45) is 0 Å². The van der Waals surface area contributed by atoms with Crippen molar-refractivity contribution in [3.05, 3.63) is 99.2 Å². The first-order chi connectivity index (χ1) is 13.9. The van der Waals surface area contributed by atoms with Crippen LogP contribution in [0.25, 0.3) is 5.57 Å². The topological polar surface area (TPSA) is 52.6 Å². The SMILES string of the molecule is COC(=O)C1=CC(c2ccccc2)=CC2=C(C)C=C(C)C=C(C)C2=C1C(=O)OC. The molecule has 0 aromatic heterocycles. The maximum Gasteiger partial charge on any atom is 0.339 e. The van der Waals surface area contributed by atoms with Crippen molar-refractivity contribution in [3.63, 3.8) is 0 Å². The third-order valence-corrected chi connectivity index (χ3v) is 5.00. The average Bonchev–Trinajstić information content (AvgIpc) is 2.96. The maximum absolute atomic E-state index is 12.9. The first kappa shape index (κ1) is 20.3. The van der Waals surface area contributed by atoms with E-state index in [9.17, 15) is 9.59 Å². The zero-order chi connectivity index (χ0) is 21.1. The van der Waals surface area contributed by atoms with Crippen LogP contribution in [0.1, 0.15) is 26.3 Å². The van der Waals surface area contributed by atoms with Gasteiger partial charge in [-0.3, -0.25) is 0 Å². The van der Waals surface area contributed by atoms with Gasteiger partial charge in [-0.1, -0.05) is 48.1 Å². The average molecular weight is 388 g/mol. The summed E-state index contributed by atoms with van der Waals surface area (Å²) in [6.07, 6.45) is 7.80. The van der Waals surface area contributed by atoms with Gasteiger partial charge in [-0.05, 0) is 60.8 Å². The Balaban J connectivity index is 2.45. The van der Waals surface area contributed by atoms with Crippen molar-refractivity contribution in [1.29, 1.82) is 0 Å². The second-order valence-corrected chi connectivity index (χ2v) is 7.07. The van der Waals surface area contributed by atoms with Gasteiger partial charge in [0.1, 0.15) is 0 Å². The summed E-state index contributed by atoms with van der Waals surface area (Å²) in [5.74, 6) is -1.16. The Morgan fingerprint density at radius 3 is 2.07 bits per heavy atom. The van der Waals surface area contributed by atoms with Crippen molar-refractivity contribution < 1.29 is 19.1 Å². The summed E-state index contributed by atoms with van der Waals surface area (Å²) >= 11 is 0. The third kappa shape index (κ3) is 3.92. The van der Waals surface area contributed by atoms with Crippen LogP contribution in [0.3, 0.4) is 0 Å². The second kappa shape index (κ2) is 8.31. The Morgan fingerprint density at radius 1 is 0.793 bits per heavy atom. The minimum Gasteiger partial charge on any atom is -0.465 e. The Bertz CT molecular complexity index is 1060. The highest BCUT2D eigenvalue weighted by Gasteiger charge is 2.31. The zero-order valence-electron chi connectivity index (χ0n) is 17.3. The van der Waals surface area contributed by atoms with Crippen LogP contribution in [-0.2, 0) is 19.1 Å². The molecule has 29 heavy (non-hydrogen) atoms. The van der Waals surface area contributed by atoms with Gasteiger partial charge in [0.15, 0.2) is 0 Å². The smallest absolute Gasteiger partial charge is 0.339 e. The van der Waals surface area contributed by atoms with E-state index in [1.165, 1.54) is 14.2 Å². The van der Waals surface area contributed by atoms with E-state index >= 15 is 0 Å². The Hall–Kier alpha value is -3.40. The van der Waals surface area contributed by atoms with E-state index < -0.39 is 11.9 Å². The molecule has 3 rings (SSSR count). The van der Waals surface area contributed by atoms with Crippen LogP contribution in [0.5, 0.6) is 0 Å². The molecule has 0 saturated carbocycles. The van der Waals surface area contributed by atoms with E-state index in [4.69, 9.17) is 9.47 Å². The summed E-state index contributed by atoms with van der Waals surface area (Å²) in [6.45, 7) is 5.95. The van der Waals surface area contributed by atoms with E-state index in [-0.39, 0.29) is 11.1 Å². The largest absolute Gasteiger partial charge is 0.465 e. The Labute approximate surface area is 171 Å². The predicted octanol–water partition coefficient (Wildman–Crippen LogP) is 4.88. The van der Waals surface area contributed by atoms with Crippen LogP contribution in [0.2, 0.25) is 0 Å². The van der Waals surface area contributed by atoms with Gasteiger partial charge in [0, 0.05) is 5.57 Å². The highest BCUT2D eigenvalue weighted by Crippen LogP contribution is 2.39. The van der Waals surface area contributed by atoms with E-state index in [2.05, 4.69) is 6.08 Å². The molecule has 0 N–H and O–H groups in total. The van der Waals surface area contributed by atoms with E-state index in [0.29, 0.717) is 5.57 Å².